The minimum Gasteiger partial charge on any atom is -0.497 e. The van der Waals surface area contributed by atoms with Crippen molar-refractivity contribution in [2.24, 2.45) is 0 Å². The summed E-state index contributed by atoms with van der Waals surface area (Å²) in [5.74, 6) is 0.799. The van der Waals surface area contributed by atoms with E-state index in [9.17, 15) is 4.79 Å². The van der Waals surface area contributed by atoms with Crippen molar-refractivity contribution in [2.75, 3.05) is 19.1 Å². The van der Waals surface area contributed by atoms with Crippen LogP contribution in [-0.4, -0.2) is 35.2 Å². The molecule has 3 aromatic rings. The van der Waals surface area contributed by atoms with Crippen LogP contribution in [0.2, 0.25) is 0 Å². The third-order valence-corrected chi connectivity index (χ3v) is 3.93. The zero-order valence-electron chi connectivity index (χ0n) is 15.7. The number of ether oxygens (including phenoxy) is 2. The number of hydrogen-bond acceptors (Lipinski definition) is 4. The van der Waals surface area contributed by atoms with Crippen molar-refractivity contribution in [3.05, 3.63) is 48.8 Å². The zero-order chi connectivity index (χ0) is 18.9. The molecular weight excluding hydrogens is 330 g/mol. The van der Waals surface area contributed by atoms with Crippen molar-refractivity contribution in [3.63, 3.8) is 0 Å². The largest absolute Gasteiger partial charge is 0.497 e. The summed E-state index contributed by atoms with van der Waals surface area (Å²) >= 11 is 0. The maximum Gasteiger partial charge on any atom is 0.414 e. The Morgan fingerprint density at radius 3 is 2.42 bits per heavy atom. The first-order valence-electron chi connectivity index (χ1n) is 8.37. The summed E-state index contributed by atoms with van der Waals surface area (Å²) in [6.45, 7) is 5.54. The van der Waals surface area contributed by atoms with Gasteiger partial charge in [0.15, 0.2) is 0 Å². The zero-order valence-corrected chi connectivity index (χ0v) is 15.7. The molecule has 0 unspecified atom stereocenters. The highest BCUT2D eigenvalue weighted by molar-refractivity contribution is 5.87. The van der Waals surface area contributed by atoms with Gasteiger partial charge >= 0.3 is 6.09 Å². The van der Waals surface area contributed by atoms with E-state index in [2.05, 4.69) is 4.98 Å². The summed E-state index contributed by atoms with van der Waals surface area (Å²) in [4.78, 5) is 18.3. The number of carbonyl (C=O) groups excluding carboxylic acids is 1. The average molecular weight is 353 g/mol. The van der Waals surface area contributed by atoms with Gasteiger partial charge in [0.1, 0.15) is 17.0 Å². The molecule has 3 rings (SSSR count). The van der Waals surface area contributed by atoms with Gasteiger partial charge in [0, 0.05) is 18.8 Å². The van der Waals surface area contributed by atoms with Crippen LogP contribution in [0, 0.1) is 0 Å². The van der Waals surface area contributed by atoms with E-state index in [1.54, 1.807) is 14.2 Å². The van der Waals surface area contributed by atoms with Gasteiger partial charge in [-0.1, -0.05) is 0 Å². The first-order chi connectivity index (χ1) is 12.3. The molecule has 0 aliphatic carbocycles. The smallest absolute Gasteiger partial charge is 0.414 e. The number of amides is 1. The first-order valence-corrected chi connectivity index (χ1v) is 8.37. The number of pyridine rings is 1. The second-order valence-corrected chi connectivity index (χ2v) is 7.03. The number of benzene rings is 1. The van der Waals surface area contributed by atoms with Gasteiger partial charge < -0.3 is 9.47 Å². The van der Waals surface area contributed by atoms with Crippen molar-refractivity contribution >= 4 is 17.4 Å². The molecule has 0 fully saturated rings. The summed E-state index contributed by atoms with van der Waals surface area (Å²) in [6, 6.07) is 11.5. The van der Waals surface area contributed by atoms with Crippen LogP contribution in [0.4, 0.5) is 10.5 Å². The Bertz CT molecular complexity index is 924. The number of aromatic nitrogens is 2. The van der Waals surface area contributed by atoms with Gasteiger partial charge in [-0.15, -0.1) is 0 Å². The number of carbonyl (C=O) groups is 1. The summed E-state index contributed by atoms with van der Waals surface area (Å²) < 4.78 is 12.6. The van der Waals surface area contributed by atoms with E-state index in [1.165, 1.54) is 4.90 Å². The van der Waals surface area contributed by atoms with Crippen LogP contribution < -0.4 is 9.64 Å². The number of hydrogen-bond donors (Lipinski definition) is 0. The third-order valence-electron chi connectivity index (χ3n) is 3.93. The number of rotatable bonds is 3. The predicted molar refractivity (Wildman–Crippen MR) is 102 cm³/mol. The minimum absolute atomic E-state index is 0.400. The summed E-state index contributed by atoms with van der Waals surface area (Å²) in [6.07, 6.45) is 3.29. The SMILES string of the molecule is COc1ccc(-c2cnc3ccc(N(C)C(=O)OC(C)(C)C)cn23)cc1. The lowest BCUT2D eigenvalue weighted by Crippen LogP contribution is -2.34. The van der Waals surface area contributed by atoms with E-state index in [-0.39, 0.29) is 0 Å². The maximum atomic E-state index is 12.3. The van der Waals surface area contributed by atoms with Gasteiger partial charge in [0.05, 0.1) is 24.7 Å². The molecule has 0 aliphatic rings. The second kappa shape index (κ2) is 6.71. The summed E-state index contributed by atoms with van der Waals surface area (Å²) in [5, 5.41) is 0. The van der Waals surface area contributed by atoms with Crippen molar-refractivity contribution in [3.8, 4) is 17.0 Å². The highest BCUT2D eigenvalue weighted by atomic mass is 16.6. The molecular formula is C20H23N3O3. The highest BCUT2D eigenvalue weighted by Crippen LogP contribution is 2.26. The fourth-order valence-corrected chi connectivity index (χ4v) is 2.58. The maximum absolute atomic E-state index is 12.3. The van der Waals surface area contributed by atoms with Gasteiger partial charge in [-0.2, -0.15) is 0 Å². The molecule has 1 amide bonds. The van der Waals surface area contributed by atoms with Gasteiger partial charge in [0.25, 0.3) is 0 Å². The van der Waals surface area contributed by atoms with Crippen LogP contribution in [0.1, 0.15) is 20.8 Å². The monoisotopic (exact) mass is 353 g/mol. The molecule has 1 aromatic carbocycles. The van der Waals surface area contributed by atoms with E-state index in [1.807, 2.05) is 74.0 Å². The molecule has 2 aromatic heterocycles. The van der Waals surface area contributed by atoms with Gasteiger partial charge in [-0.05, 0) is 57.2 Å². The Balaban J connectivity index is 1.96. The molecule has 0 spiro atoms. The van der Waals surface area contributed by atoms with Crippen LogP contribution >= 0.6 is 0 Å². The lowest BCUT2D eigenvalue weighted by atomic mass is 10.1. The highest BCUT2D eigenvalue weighted by Gasteiger charge is 2.21. The molecule has 136 valence electrons. The molecule has 26 heavy (non-hydrogen) atoms. The fraction of sp³-hybridized carbons (Fsp3) is 0.300. The van der Waals surface area contributed by atoms with Crippen molar-refractivity contribution in [1.29, 1.82) is 0 Å². The van der Waals surface area contributed by atoms with Crippen molar-refractivity contribution < 1.29 is 14.3 Å². The minimum atomic E-state index is -0.543. The van der Waals surface area contributed by atoms with E-state index in [4.69, 9.17) is 9.47 Å². The van der Waals surface area contributed by atoms with E-state index in [0.29, 0.717) is 0 Å². The van der Waals surface area contributed by atoms with Gasteiger partial charge in [-0.25, -0.2) is 9.78 Å². The average Bonchev–Trinajstić information content (AvgIpc) is 3.02. The first kappa shape index (κ1) is 17.8. The summed E-state index contributed by atoms with van der Waals surface area (Å²) in [5.41, 5.74) is 2.92. The molecule has 0 atom stereocenters. The molecule has 0 saturated carbocycles. The quantitative estimate of drug-likeness (QED) is 0.701. The normalized spacial score (nSPS) is 11.4. The van der Waals surface area contributed by atoms with Crippen molar-refractivity contribution in [1.82, 2.24) is 9.38 Å². The molecule has 0 bridgehead atoms. The number of fused-ring (bicyclic) bond motifs is 1. The number of anilines is 1. The van der Waals surface area contributed by atoms with Crippen molar-refractivity contribution in [2.45, 2.75) is 26.4 Å². The Kier molecular flexibility index (Phi) is 4.59. The number of imidazole rings is 1. The molecule has 0 N–H and O–H groups in total. The molecule has 0 aliphatic heterocycles. The Morgan fingerprint density at radius 1 is 1.12 bits per heavy atom. The Morgan fingerprint density at radius 2 is 1.81 bits per heavy atom. The Hall–Kier alpha value is -3.02. The molecule has 0 radical (unpaired) electrons. The fourth-order valence-electron chi connectivity index (χ4n) is 2.58. The Labute approximate surface area is 153 Å². The van der Waals surface area contributed by atoms with Crippen LogP contribution in [0.5, 0.6) is 5.75 Å². The van der Waals surface area contributed by atoms with E-state index >= 15 is 0 Å². The van der Waals surface area contributed by atoms with Gasteiger partial charge in [-0.3, -0.25) is 9.30 Å². The van der Waals surface area contributed by atoms with Crippen LogP contribution in [-0.2, 0) is 4.74 Å². The summed E-state index contributed by atoms with van der Waals surface area (Å²) in [7, 11) is 3.33. The standard InChI is InChI=1S/C20H23N3O3/c1-20(2,3)26-19(24)22(4)15-8-11-18-21-12-17(23(18)13-15)14-6-9-16(25-5)10-7-14/h6-13H,1-5H3. The molecule has 6 nitrogen and oxygen atoms in total. The lowest BCUT2D eigenvalue weighted by molar-refractivity contribution is 0.0589. The number of methoxy groups -OCH3 is 1. The third kappa shape index (κ3) is 3.64. The van der Waals surface area contributed by atoms with Gasteiger partial charge in [0.2, 0.25) is 0 Å². The second-order valence-electron chi connectivity index (χ2n) is 7.03. The predicted octanol–water partition coefficient (Wildman–Crippen LogP) is 4.38. The number of nitrogens with zero attached hydrogens (tertiary/aromatic N) is 3. The van der Waals surface area contributed by atoms with E-state index < -0.39 is 11.7 Å². The molecule has 6 heteroatoms. The topological polar surface area (TPSA) is 56.1 Å². The van der Waals surface area contributed by atoms with E-state index in [0.717, 1.165) is 28.3 Å². The van der Waals surface area contributed by atoms with Crippen LogP contribution in [0.3, 0.4) is 0 Å². The van der Waals surface area contributed by atoms with Crippen LogP contribution in [0.25, 0.3) is 16.9 Å². The van der Waals surface area contributed by atoms with Crippen LogP contribution in [0.15, 0.2) is 48.8 Å². The lowest BCUT2D eigenvalue weighted by Gasteiger charge is -2.24. The molecule has 2 heterocycles. The molecule has 0 saturated heterocycles.